The number of esters is 1. The van der Waals surface area contributed by atoms with Crippen LogP contribution in [0, 0.1) is 17.8 Å². The van der Waals surface area contributed by atoms with Gasteiger partial charge in [0.25, 0.3) is 5.91 Å². The zero-order valence-electron chi connectivity index (χ0n) is 18.0. The molecule has 2 N–H and O–H groups in total. The maximum atomic E-state index is 12.7. The van der Waals surface area contributed by atoms with Gasteiger partial charge in [-0.25, -0.2) is 0 Å². The van der Waals surface area contributed by atoms with E-state index in [1.807, 2.05) is 36.4 Å². The molecule has 2 aromatic rings. The van der Waals surface area contributed by atoms with E-state index in [0.29, 0.717) is 24.4 Å². The van der Waals surface area contributed by atoms with Gasteiger partial charge in [-0.2, -0.15) is 5.06 Å². The summed E-state index contributed by atoms with van der Waals surface area (Å²) in [5.41, 5.74) is 7.13. The highest BCUT2D eigenvalue weighted by molar-refractivity contribution is 6.30. The fourth-order valence-electron chi connectivity index (χ4n) is 4.83. The van der Waals surface area contributed by atoms with Gasteiger partial charge in [-0.3, -0.25) is 14.4 Å². The summed E-state index contributed by atoms with van der Waals surface area (Å²) in [6.45, 7) is 0.298. The third-order valence-corrected chi connectivity index (χ3v) is 6.85. The quantitative estimate of drug-likeness (QED) is 0.422. The molecule has 2 saturated heterocycles. The molecular weight excluding hydrogens is 444 g/mol. The lowest BCUT2D eigenvalue weighted by Crippen LogP contribution is -2.54. The highest BCUT2D eigenvalue weighted by atomic mass is 35.5. The fraction of sp³-hybridized carbons (Fsp3) is 0.360. The number of amides is 1. The first kappa shape index (κ1) is 21.9. The van der Waals surface area contributed by atoms with Crippen LogP contribution in [0.2, 0.25) is 5.02 Å². The van der Waals surface area contributed by atoms with Gasteiger partial charge in [0, 0.05) is 28.5 Å². The molecule has 1 aliphatic carbocycles. The summed E-state index contributed by atoms with van der Waals surface area (Å²) in [4.78, 5) is 31.3. The molecule has 0 unspecified atom stereocenters. The molecular formula is C25H23ClN2O5. The zero-order valence-corrected chi connectivity index (χ0v) is 18.7. The number of nitrogens with two attached hydrogens (primary N) is 1. The summed E-state index contributed by atoms with van der Waals surface area (Å²) >= 11 is 5.91. The molecule has 1 saturated carbocycles. The van der Waals surface area contributed by atoms with E-state index in [4.69, 9.17) is 31.6 Å². The SMILES string of the molecule is COC(=O)[C@@H]1[C@@H]2C[C@H]3O[C@H]3C[C@]2(C(N)=O)ON1Cc1ccc(C#Cc2ccc(Cl)cc2)cc1. The van der Waals surface area contributed by atoms with Crippen molar-refractivity contribution in [1.82, 2.24) is 5.06 Å². The summed E-state index contributed by atoms with van der Waals surface area (Å²) in [5.74, 6) is 4.77. The van der Waals surface area contributed by atoms with Crippen molar-refractivity contribution in [2.45, 2.75) is 43.2 Å². The van der Waals surface area contributed by atoms with E-state index in [1.54, 1.807) is 17.2 Å². The Morgan fingerprint density at radius 3 is 2.36 bits per heavy atom. The first-order valence-corrected chi connectivity index (χ1v) is 11.1. The lowest BCUT2D eigenvalue weighted by Gasteiger charge is -2.32. The number of hydroxylamine groups is 2. The fourth-order valence-corrected chi connectivity index (χ4v) is 4.95. The summed E-state index contributed by atoms with van der Waals surface area (Å²) in [6.07, 6.45) is 0.867. The number of halogens is 1. The van der Waals surface area contributed by atoms with E-state index >= 15 is 0 Å². The molecule has 7 nitrogen and oxygen atoms in total. The Labute approximate surface area is 196 Å². The Kier molecular flexibility index (Phi) is 5.63. The number of fused-ring (bicyclic) bond motifs is 2. The second kappa shape index (κ2) is 8.47. The van der Waals surface area contributed by atoms with Crippen LogP contribution in [0.3, 0.4) is 0 Å². The van der Waals surface area contributed by atoms with E-state index in [1.165, 1.54) is 7.11 Å². The van der Waals surface area contributed by atoms with Crippen molar-refractivity contribution < 1.29 is 23.9 Å². The summed E-state index contributed by atoms with van der Waals surface area (Å²) in [6, 6.07) is 14.2. The number of ether oxygens (including phenoxy) is 2. The topological polar surface area (TPSA) is 94.4 Å². The number of hydrogen-bond donors (Lipinski definition) is 1. The van der Waals surface area contributed by atoms with Gasteiger partial charge in [0.05, 0.1) is 25.9 Å². The van der Waals surface area contributed by atoms with Gasteiger partial charge < -0.3 is 15.2 Å². The van der Waals surface area contributed by atoms with Crippen molar-refractivity contribution in [2.75, 3.05) is 7.11 Å². The summed E-state index contributed by atoms with van der Waals surface area (Å²) < 4.78 is 10.6. The lowest BCUT2D eigenvalue weighted by molar-refractivity contribution is -0.218. The summed E-state index contributed by atoms with van der Waals surface area (Å²) in [5, 5.41) is 2.21. The van der Waals surface area contributed by atoms with Crippen LogP contribution in [0.5, 0.6) is 0 Å². The molecule has 3 fully saturated rings. The number of carbonyl (C=O) groups excluding carboxylic acids is 2. The number of benzene rings is 2. The molecule has 2 heterocycles. The van der Waals surface area contributed by atoms with Gasteiger partial charge in [0.1, 0.15) is 6.04 Å². The Hall–Kier alpha value is -2.89. The Bertz CT molecular complexity index is 1140. The van der Waals surface area contributed by atoms with Crippen LogP contribution < -0.4 is 5.73 Å². The largest absolute Gasteiger partial charge is 0.468 e. The van der Waals surface area contributed by atoms with Crippen molar-refractivity contribution in [3.8, 4) is 11.8 Å². The van der Waals surface area contributed by atoms with Crippen molar-refractivity contribution in [3.05, 3.63) is 70.2 Å². The lowest BCUT2D eigenvalue weighted by atomic mass is 9.72. The van der Waals surface area contributed by atoms with E-state index in [0.717, 1.165) is 16.7 Å². The third-order valence-electron chi connectivity index (χ3n) is 6.60. The Morgan fingerprint density at radius 1 is 1.12 bits per heavy atom. The number of carbonyl (C=O) groups is 2. The standard InChI is InChI=1S/C25H23ClN2O5/c1-31-23(29)22-19-12-20-21(32-20)13-25(19,24(27)30)33-28(22)14-17-6-4-15(5-7-17)2-3-16-8-10-18(26)11-9-16/h4-11,19-22H,12-14H2,1H3,(H2,27,30)/t19-,20+,21-,22-,25-/m0/s1. The minimum atomic E-state index is -1.26. The number of rotatable bonds is 4. The van der Waals surface area contributed by atoms with Gasteiger partial charge in [-0.1, -0.05) is 35.6 Å². The second-order valence-corrected chi connectivity index (χ2v) is 9.04. The molecule has 5 atom stereocenters. The van der Waals surface area contributed by atoms with E-state index in [-0.39, 0.29) is 12.2 Å². The van der Waals surface area contributed by atoms with Gasteiger partial charge in [0.15, 0.2) is 5.60 Å². The van der Waals surface area contributed by atoms with E-state index in [9.17, 15) is 9.59 Å². The minimum Gasteiger partial charge on any atom is -0.468 e. The number of epoxide rings is 1. The molecule has 0 aromatic heterocycles. The van der Waals surface area contributed by atoms with Gasteiger partial charge in [-0.05, 0) is 48.4 Å². The van der Waals surface area contributed by atoms with Gasteiger partial charge in [0.2, 0.25) is 0 Å². The molecule has 2 aliphatic heterocycles. The maximum absolute atomic E-state index is 12.7. The average molecular weight is 467 g/mol. The smallest absolute Gasteiger partial charge is 0.325 e. The normalized spacial score (nSPS) is 29.9. The van der Waals surface area contributed by atoms with Crippen molar-refractivity contribution in [3.63, 3.8) is 0 Å². The predicted octanol–water partition coefficient (Wildman–Crippen LogP) is 2.43. The molecule has 0 spiro atoms. The highest BCUT2D eigenvalue weighted by Gasteiger charge is 2.68. The first-order chi connectivity index (χ1) is 15.9. The first-order valence-electron chi connectivity index (χ1n) is 10.7. The molecule has 0 bridgehead atoms. The van der Waals surface area contributed by atoms with Gasteiger partial charge >= 0.3 is 5.97 Å². The van der Waals surface area contributed by atoms with Crippen LogP contribution in [0.25, 0.3) is 0 Å². The predicted molar refractivity (Wildman–Crippen MR) is 120 cm³/mol. The van der Waals surface area contributed by atoms with Crippen molar-refractivity contribution in [2.24, 2.45) is 11.7 Å². The zero-order chi connectivity index (χ0) is 23.2. The maximum Gasteiger partial charge on any atom is 0.325 e. The molecule has 8 heteroatoms. The van der Waals surface area contributed by atoms with Crippen LogP contribution >= 0.6 is 11.6 Å². The van der Waals surface area contributed by atoms with Crippen LogP contribution in [0.1, 0.15) is 29.5 Å². The number of primary amides is 1. The summed E-state index contributed by atoms with van der Waals surface area (Å²) in [7, 11) is 1.33. The van der Waals surface area contributed by atoms with Crippen LogP contribution in [-0.2, 0) is 30.4 Å². The van der Waals surface area contributed by atoms with Gasteiger partial charge in [-0.15, -0.1) is 0 Å². The molecule has 5 rings (SSSR count). The molecule has 0 radical (unpaired) electrons. The van der Waals surface area contributed by atoms with Crippen LogP contribution in [0.15, 0.2) is 48.5 Å². The number of hydrogen-bond acceptors (Lipinski definition) is 6. The Balaban J connectivity index is 1.35. The molecule has 170 valence electrons. The van der Waals surface area contributed by atoms with Crippen LogP contribution in [-0.4, -0.2) is 47.9 Å². The number of methoxy groups -OCH3 is 1. The second-order valence-electron chi connectivity index (χ2n) is 8.60. The molecule has 3 aliphatic rings. The highest BCUT2D eigenvalue weighted by Crippen LogP contribution is 2.53. The van der Waals surface area contributed by atoms with Crippen molar-refractivity contribution in [1.29, 1.82) is 0 Å². The van der Waals surface area contributed by atoms with Crippen molar-refractivity contribution >= 4 is 23.5 Å². The average Bonchev–Trinajstić information content (AvgIpc) is 3.49. The minimum absolute atomic E-state index is 0.0386. The Morgan fingerprint density at radius 2 is 1.76 bits per heavy atom. The van der Waals surface area contributed by atoms with E-state index < -0.39 is 29.4 Å². The number of nitrogens with zero attached hydrogens (tertiary/aromatic N) is 1. The molecule has 1 amide bonds. The molecule has 33 heavy (non-hydrogen) atoms. The van der Waals surface area contributed by atoms with Crippen LogP contribution in [0.4, 0.5) is 0 Å². The molecule has 2 aromatic carbocycles. The monoisotopic (exact) mass is 466 g/mol. The van der Waals surface area contributed by atoms with E-state index in [2.05, 4.69) is 11.8 Å². The third kappa shape index (κ3) is 4.11.